The fourth-order valence-electron chi connectivity index (χ4n) is 1.74. The summed E-state index contributed by atoms with van der Waals surface area (Å²) in [4.78, 5) is 4.00. The van der Waals surface area contributed by atoms with Crippen molar-refractivity contribution in [2.45, 2.75) is 30.5 Å². The Morgan fingerprint density at radius 2 is 2.22 bits per heavy atom. The second-order valence-corrected chi connectivity index (χ2v) is 6.84. The standard InChI is InChI=1S/C11H14ClN3O2S/c1-8-7-10-11(13-5-6-15(10)14-8)18(16,17)9(2)3-4-12/h5-7,9H,3-4H2,1-2H3. The Labute approximate surface area is 111 Å². The lowest BCUT2D eigenvalue weighted by Gasteiger charge is -2.11. The van der Waals surface area contributed by atoms with Crippen LogP contribution in [0.3, 0.4) is 0 Å². The highest BCUT2D eigenvalue weighted by atomic mass is 35.5. The highest BCUT2D eigenvalue weighted by Gasteiger charge is 2.27. The van der Waals surface area contributed by atoms with Crippen molar-refractivity contribution in [3.8, 4) is 0 Å². The van der Waals surface area contributed by atoms with E-state index in [1.807, 2.05) is 6.92 Å². The lowest BCUT2D eigenvalue weighted by molar-refractivity contribution is 0.578. The summed E-state index contributed by atoms with van der Waals surface area (Å²) in [6, 6.07) is 1.72. The molecule has 0 amide bonds. The zero-order valence-corrected chi connectivity index (χ0v) is 11.7. The maximum absolute atomic E-state index is 12.4. The largest absolute Gasteiger partial charge is 0.241 e. The van der Waals surface area contributed by atoms with Gasteiger partial charge in [-0.3, -0.25) is 0 Å². The minimum Gasteiger partial charge on any atom is -0.241 e. The summed E-state index contributed by atoms with van der Waals surface area (Å²) in [6.07, 6.45) is 3.48. The number of fused-ring (bicyclic) bond motifs is 1. The van der Waals surface area contributed by atoms with Crippen LogP contribution in [0.25, 0.3) is 5.52 Å². The van der Waals surface area contributed by atoms with Crippen molar-refractivity contribution < 1.29 is 8.42 Å². The van der Waals surface area contributed by atoms with Crippen molar-refractivity contribution >= 4 is 27.0 Å². The number of hydrogen-bond acceptors (Lipinski definition) is 4. The normalized spacial score (nSPS) is 13.9. The van der Waals surface area contributed by atoms with Gasteiger partial charge in [0, 0.05) is 18.3 Å². The zero-order valence-electron chi connectivity index (χ0n) is 10.2. The van der Waals surface area contributed by atoms with Crippen LogP contribution in [0.4, 0.5) is 0 Å². The minimum atomic E-state index is -3.47. The number of alkyl halides is 1. The summed E-state index contributed by atoms with van der Waals surface area (Å²) in [5.41, 5.74) is 1.26. The predicted molar refractivity (Wildman–Crippen MR) is 69.7 cm³/mol. The highest BCUT2D eigenvalue weighted by Crippen LogP contribution is 2.21. The highest BCUT2D eigenvalue weighted by molar-refractivity contribution is 7.92. The third-order valence-electron chi connectivity index (χ3n) is 2.79. The van der Waals surface area contributed by atoms with Crippen LogP contribution in [0.15, 0.2) is 23.5 Å². The van der Waals surface area contributed by atoms with Gasteiger partial charge in [-0.05, 0) is 26.3 Å². The summed E-state index contributed by atoms with van der Waals surface area (Å²) >= 11 is 5.61. The van der Waals surface area contributed by atoms with Crippen molar-refractivity contribution in [1.29, 1.82) is 0 Å². The van der Waals surface area contributed by atoms with Gasteiger partial charge in [-0.25, -0.2) is 17.9 Å². The second kappa shape index (κ2) is 4.85. The Balaban J connectivity index is 2.60. The maximum Gasteiger partial charge on any atom is 0.200 e. The fraction of sp³-hybridized carbons (Fsp3) is 0.455. The van der Waals surface area contributed by atoms with Crippen LogP contribution in [-0.4, -0.2) is 34.1 Å². The van der Waals surface area contributed by atoms with E-state index in [2.05, 4.69) is 10.1 Å². The Morgan fingerprint density at radius 1 is 1.50 bits per heavy atom. The molecule has 98 valence electrons. The molecule has 0 aliphatic heterocycles. The molecule has 5 nitrogen and oxygen atoms in total. The second-order valence-electron chi connectivity index (χ2n) is 4.18. The Kier molecular flexibility index (Phi) is 3.59. The van der Waals surface area contributed by atoms with E-state index in [1.54, 1.807) is 19.2 Å². The van der Waals surface area contributed by atoms with Gasteiger partial charge in [-0.1, -0.05) is 0 Å². The number of halogens is 1. The van der Waals surface area contributed by atoms with Crippen LogP contribution >= 0.6 is 11.6 Å². The Hall–Kier alpha value is -1.14. The van der Waals surface area contributed by atoms with Crippen LogP contribution < -0.4 is 0 Å². The summed E-state index contributed by atoms with van der Waals surface area (Å²) in [5.74, 6) is 0.307. The van der Waals surface area contributed by atoms with Crippen molar-refractivity contribution in [1.82, 2.24) is 14.6 Å². The van der Waals surface area contributed by atoms with E-state index in [9.17, 15) is 8.42 Å². The molecule has 0 spiro atoms. The molecule has 1 atom stereocenters. The molecule has 2 aromatic rings. The molecule has 7 heteroatoms. The molecule has 0 radical (unpaired) electrons. The number of nitrogens with zero attached hydrogens (tertiary/aromatic N) is 3. The number of aromatic nitrogens is 3. The Morgan fingerprint density at radius 3 is 2.89 bits per heavy atom. The van der Waals surface area contributed by atoms with Gasteiger partial charge in [0.1, 0.15) is 5.52 Å². The van der Waals surface area contributed by atoms with Crippen LogP contribution in [0.1, 0.15) is 19.0 Å². The first kappa shape index (κ1) is 13.3. The van der Waals surface area contributed by atoms with Crippen molar-refractivity contribution in [3.05, 3.63) is 24.2 Å². The van der Waals surface area contributed by atoms with Gasteiger partial charge in [-0.2, -0.15) is 5.10 Å². The van der Waals surface area contributed by atoms with E-state index < -0.39 is 15.1 Å². The number of rotatable bonds is 4. The molecule has 0 N–H and O–H groups in total. The summed E-state index contributed by atoms with van der Waals surface area (Å²) in [5, 5.41) is 3.70. The zero-order chi connectivity index (χ0) is 13.3. The number of sulfone groups is 1. The topological polar surface area (TPSA) is 64.3 Å². The van der Waals surface area contributed by atoms with E-state index in [1.165, 1.54) is 10.7 Å². The average Bonchev–Trinajstić information content (AvgIpc) is 2.68. The van der Waals surface area contributed by atoms with Crippen molar-refractivity contribution in [2.75, 3.05) is 5.88 Å². The predicted octanol–water partition coefficient (Wildman–Crippen LogP) is 1.83. The maximum atomic E-state index is 12.4. The van der Waals surface area contributed by atoms with Gasteiger partial charge in [0.2, 0.25) is 0 Å². The van der Waals surface area contributed by atoms with Gasteiger partial charge in [-0.15, -0.1) is 11.6 Å². The molecule has 0 fully saturated rings. The van der Waals surface area contributed by atoms with Gasteiger partial charge in [0.05, 0.1) is 10.9 Å². The quantitative estimate of drug-likeness (QED) is 0.805. The molecule has 2 rings (SSSR count). The van der Waals surface area contributed by atoms with Gasteiger partial charge < -0.3 is 0 Å². The van der Waals surface area contributed by atoms with Crippen LogP contribution in [-0.2, 0) is 9.84 Å². The molecule has 0 aliphatic rings. The summed E-state index contributed by atoms with van der Waals surface area (Å²) < 4.78 is 26.3. The molecule has 2 heterocycles. The smallest absolute Gasteiger partial charge is 0.200 e. The molecular formula is C11H14ClN3O2S. The molecule has 18 heavy (non-hydrogen) atoms. The third-order valence-corrected chi connectivity index (χ3v) is 5.16. The third kappa shape index (κ3) is 2.22. The SMILES string of the molecule is Cc1cc2c(S(=O)(=O)C(C)CCCl)nccn2n1. The molecular weight excluding hydrogens is 274 g/mol. The molecule has 0 bridgehead atoms. The van der Waals surface area contributed by atoms with Crippen molar-refractivity contribution in [2.24, 2.45) is 0 Å². The fourth-order valence-corrected chi connectivity index (χ4v) is 3.66. The Bertz CT molecular complexity index is 666. The minimum absolute atomic E-state index is 0.0724. The van der Waals surface area contributed by atoms with Gasteiger partial charge >= 0.3 is 0 Å². The van der Waals surface area contributed by atoms with Crippen molar-refractivity contribution in [3.63, 3.8) is 0 Å². The number of hydrogen-bond donors (Lipinski definition) is 0. The van der Waals surface area contributed by atoms with E-state index in [0.717, 1.165) is 5.69 Å². The molecule has 0 saturated heterocycles. The molecule has 0 saturated carbocycles. The van der Waals surface area contributed by atoms with Gasteiger partial charge in [0.15, 0.2) is 14.9 Å². The summed E-state index contributed by atoms with van der Waals surface area (Å²) in [7, 11) is -3.47. The molecule has 2 aromatic heterocycles. The average molecular weight is 288 g/mol. The monoisotopic (exact) mass is 287 g/mol. The number of aryl methyl sites for hydroxylation is 1. The first-order chi connectivity index (χ1) is 8.46. The van der Waals surface area contributed by atoms with Crippen LogP contribution in [0, 0.1) is 6.92 Å². The summed E-state index contributed by atoms with van der Waals surface area (Å²) in [6.45, 7) is 3.46. The van der Waals surface area contributed by atoms with E-state index in [-0.39, 0.29) is 5.03 Å². The van der Waals surface area contributed by atoms with Crippen LogP contribution in [0.2, 0.25) is 0 Å². The van der Waals surface area contributed by atoms with E-state index >= 15 is 0 Å². The van der Waals surface area contributed by atoms with E-state index in [4.69, 9.17) is 11.6 Å². The first-order valence-corrected chi connectivity index (χ1v) is 7.65. The molecule has 0 aliphatic carbocycles. The van der Waals surface area contributed by atoms with Crippen LogP contribution in [0.5, 0.6) is 0 Å². The molecule has 1 unspecified atom stereocenters. The first-order valence-electron chi connectivity index (χ1n) is 5.57. The van der Waals surface area contributed by atoms with E-state index in [0.29, 0.717) is 17.8 Å². The lowest BCUT2D eigenvalue weighted by Crippen LogP contribution is -2.20. The van der Waals surface area contributed by atoms with Gasteiger partial charge in [0.25, 0.3) is 0 Å². The molecule has 0 aromatic carbocycles. The lowest BCUT2D eigenvalue weighted by atomic mass is 10.4.